The lowest BCUT2D eigenvalue weighted by Gasteiger charge is -2.17. The molecule has 0 radical (unpaired) electrons. The van der Waals surface area contributed by atoms with Crippen LogP contribution in [0.1, 0.15) is 10.4 Å². The molecule has 0 fully saturated rings. The maximum Gasteiger partial charge on any atom is 0.254 e. The quantitative estimate of drug-likeness (QED) is 0.737. The molecule has 2 aromatic carbocycles. The van der Waals surface area contributed by atoms with Gasteiger partial charge in [-0.15, -0.1) is 0 Å². The Bertz CT molecular complexity index is 963. The summed E-state index contributed by atoms with van der Waals surface area (Å²) >= 11 is 11.7. The molecule has 0 saturated heterocycles. The smallest absolute Gasteiger partial charge is 0.254 e. The van der Waals surface area contributed by atoms with Crippen LogP contribution in [0.25, 0.3) is 0 Å². The third-order valence-electron chi connectivity index (χ3n) is 3.61. The molecule has 0 unspecified atom stereocenters. The van der Waals surface area contributed by atoms with Crippen LogP contribution in [-0.2, 0) is 14.8 Å². The number of sulfonamides is 1. The first-order valence-electron chi connectivity index (χ1n) is 7.68. The van der Waals surface area contributed by atoms with Crippen molar-refractivity contribution >= 4 is 50.7 Å². The molecule has 0 spiro atoms. The lowest BCUT2D eigenvalue weighted by molar-refractivity contribution is -0.116. The van der Waals surface area contributed by atoms with E-state index in [1.807, 2.05) is 0 Å². The molecule has 0 aliphatic rings. The van der Waals surface area contributed by atoms with Gasteiger partial charge < -0.3 is 10.2 Å². The average Bonchev–Trinajstić information content (AvgIpc) is 2.64. The zero-order valence-electron chi connectivity index (χ0n) is 14.5. The van der Waals surface area contributed by atoms with E-state index in [9.17, 15) is 18.0 Å². The number of rotatable bonds is 6. The van der Waals surface area contributed by atoms with E-state index in [0.29, 0.717) is 15.7 Å². The largest absolute Gasteiger partial charge is 0.332 e. The van der Waals surface area contributed by atoms with E-state index in [0.717, 1.165) is 0 Å². The fraction of sp³-hybridized carbons (Fsp3) is 0.176. The van der Waals surface area contributed by atoms with Crippen molar-refractivity contribution in [3.63, 3.8) is 0 Å². The van der Waals surface area contributed by atoms with Crippen molar-refractivity contribution in [2.75, 3.05) is 26.0 Å². The minimum Gasteiger partial charge on any atom is -0.332 e. The predicted molar refractivity (Wildman–Crippen MR) is 105 cm³/mol. The van der Waals surface area contributed by atoms with Gasteiger partial charge in [0.2, 0.25) is 15.9 Å². The molecule has 10 heteroatoms. The number of nitrogens with zero attached hydrogens (tertiary/aromatic N) is 1. The third-order valence-corrected chi connectivity index (χ3v) is 5.78. The van der Waals surface area contributed by atoms with Crippen LogP contribution < -0.4 is 10.0 Å². The lowest BCUT2D eigenvalue weighted by atomic mass is 10.2. The molecule has 144 valence electrons. The summed E-state index contributed by atoms with van der Waals surface area (Å²) in [6, 6.07) is 10.1. The number of benzene rings is 2. The molecule has 0 heterocycles. The number of likely N-dealkylation sites (N-methyl/N-ethyl adjacent to an activating group) is 1. The van der Waals surface area contributed by atoms with E-state index in [1.54, 1.807) is 12.1 Å². The highest BCUT2D eigenvalue weighted by atomic mass is 35.5. The van der Waals surface area contributed by atoms with E-state index in [4.69, 9.17) is 23.2 Å². The van der Waals surface area contributed by atoms with Crippen molar-refractivity contribution in [1.29, 1.82) is 0 Å². The first kappa shape index (κ1) is 21.2. The van der Waals surface area contributed by atoms with Gasteiger partial charge in [-0.1, -0.05) is 23.2 Å². The van der Waals surface area contributed by atoms with Gasteiger partial charge in [0.1, 0.15) is 0 Å². The van der Waals surface area contributed by atoms with Gasteiger partial charge in [0, 0.05) is 18.3 Å². The van der Waals surface area contributed by atoms with E-state index in [-0.39, 0.29) is 17.0 Å². The molecule has 2 rings (SSSR count). The summed E-state index contributed by atoms with van der Waals surface area (Å²) < 4.78 is 25.6. The number of hydrogen-bond acceptors (Lipinski definition) is 4. The normalized spacial score (nSPS) is 11.1. The van der Waals surface area contributed by atoms with Crippen molar-refractivity contribution in [3.05, 3.63) is 58.1 Å². The Labute approximate surface area is 167 Å². The number of hydrogen-bond donors (Lipinski definition) is 2. The minimum absolute atomic E-state index is 0.0431. The molecule has 0 bridgehead atoms. The van der Waals surface area contributed by atoms with Gasteiger partial charge in [0.25, 0.3) is 5.91 Å². The lowest BCUT2D eigenvalue weighted by Crippen LogP contribution is -2.35. The summed E-state index contributed by atoms with van der Waals surface area (Å²) in [6.07, 6.45) is 0. The van der Waals surface area contributed by atoms with Gasteiger partial charge in [-0.25, -0.2) is 13.1 Å². The second kappa shape index (κ2) is 8.71. The van der Waals surface area contributed by atoms with Crippen LogP contribution in [-0.4, -0.2) is 45.8 Å². The first-order valence-corrected chi connectivity index (χ1v) is 9.92. The number of amides is 2. The van der Waals surface area contributed by atoms with Crippen LogP contribution >= 0.6 is 23.2 Å². The van der Waals surface area contributed by atoms with E-state index in [2.05, 4.69) is 10.0 Å². The highest BCUT2D eigenvalue weighted by Gasteiger charge is 2.17. The van der Waals surface area contributed by atoms with Crippen molar-refractivity contribution < 1.29 is 18.0 Å². The summed E-state index contributed by atoms with van der Waals surface area (Å²) in [4.78, 5) is 25.8. The van der Waals surface area contributed by atoms with Crippen molar-refractivity contribution in [1.82, 2.24) is 9.62 Å². The van der Waals surface area contributed by atoms with Gasteiger partial charge in [-0.3, -0.25) is 9.59 Å². The molecular formula is C17H17Cl2N3O4S. The molecule has 2 aromatic rings. The number of anilines is 1. The molecule has 0 aliphatic heterocycles. The van der Waals surface area contributed by atoms with Gasteiger partial charge >= 0.3 is 0 Å². The summed E-state index contributed by atoms with van der Waals surface area (Å²) in [5.41, 5.74) is 0.715. The Morgan fingerprint density at radius 1 is 1.04 bits per heavy atom. The number of carbonyl (C=O) groups is 2. The zero-order chi connectivity index (χ0) is 20.2. The fourth-order valence-electron chi connectivity index (χ4n) is 2.18. The first-order chi connectivity index (χ1) is 12.6. The van der Waals surface area contributed by atoms with Crippen LogP contribution in [0.2, 0.25) is 10.0 Å². The Morgan fingerprint density at radius 3 is 2.22 bits per heavy atom. The van der Waals surface area contributed by atoms with Crippen LogP contribution in [0.5, 0.6) is 0 Å². The predicted octanol–water partition coefficient (Wildman–Crippen LogP) is 2.61. The fourth-order valence-corrected chi connectivity index (χ4v) is 3.20. The van der Waals surface area contributed by atoms with Gasteiger partial charge in [-0.2, -0.15) is 0 Å². The second-order valence-corrected chi connectivity index (χ2v) is 8.27. The Balaban J connectivity index is 2.02. The Morgan fingerprint density at radius 2 is 1.67 bits per heavy atom. The maximum atomic E-state index is 12.4. The van der Waals surface area contributed by atoms with Gasteiger partial charge in [0.05, 0.1) is 21.5 Å². The summed E-state index contributed by atoms with van der Waals surface area (Å²) in [5, 5.41) is 3.29. The molecule has 0 aliphatic carbocycles. The minimum atomic E-state index is -3.58. The molecule has 0 atom stereocenters. The second-order valence-electron chi connectivity index (χ2n) is 5.57. The standard InChI is InChI=1S/C17H17Cl2N3O4S/c1-20-27(25,26)13-6-3-11(4-7-13)17(24)22(2)10-16(23)21-12-5-8-14(18)15(19)9-12/h3-9,20H,10H2,1-2H3,(H,21,23). The van der Waals surface area contributed by atoms with Crippen LogP contribution in [0.15, 0.2) is 47.4 Å². The molecule has 7 nitrogen and oxygen atoms in total. The highest BCUT2D eigenvalue weighted by molar-refractivity contribution is 7.89. The van der Waals surface area contributed by atoms with Crippen LogP contribution in [0, 0.1) is 0 Å². The SMILES string of the molecule is CNS(=O)(=O)c1ccc(C(=O)N(C)CC(=O)Nc2ccc(Cl)c(Cl)c2)cc1. The van der Waals surface area contributed by atoms with Gasteiger partial charge in [0.15, 0.2) is 0 Å². The molecule has 2 amide bonds. The van der Waals surface area contributed by atoms with E-state index in [1.165, 1.54) is 49.3 Å². The molecular weight excluding hydrogens is 413 g/mol. The van der Waals surface area contributed by atoms with Crippen LogP contribution in [0.3, 0.4) is 0 Å². The zero-order valence-corrected chi connectivity index (χ0v) is 16.8. The molecule has 27 heavy (non-hydrogen) atoms. The monoisotopic (exact) mass is 429 g/mol. The summed E-state index contributed by atoms with van der Waals surface area (Å²) in [6.45, 7) is -0.199. The van der Waals surface area contributed by atoms with Gasteiger partial charge in [-0.05, 0) is 49.5 Å². The maximum absolute atomic E-state index is 12.4. The average molecular weight is 430 g/mol. The van der Waals surface area contributed by atoms with E-state index < -0.39 is 21.8 Å². The molecule has 0 saturated carbocycles. The Kier molecular flexibility index (Phi) is 6.83. The summed E-state index contributed by atoms with van der Waals surface area (Å²) in [7, 11) is -0.813. The Hall–Kier alpha value is -2.13. The summed E-state index contributed by atoms with van der Waals surface area (Å²) in [5.74, 6) is -0.841. The van der Waals surface area contributed by atoms with E-state index >= 15 is 0 Å². The highest BCUT2D eigenvalue weighted by Crippen LogP contribution is 2.25. The topological polar surface area (TPSA) is 95.6 Å². The number of halogens is 2. The van der Waals surface area contributed by atoms with Crippen molar-refractivity contribution in [3.8, 4) is 0 Å². The molecule has 0 aromatic heterocycles. The number of carbonyl (C=O) groups excluding carboxylic acids is 2. The van der Waals surface area contributed by atoms with Crippen LogP contribution in [0.4, 0.5) is 5.69 Å². The van der Waals surface area contributed by atoms with Crippen molar-refractivity contribution in [2.45, 2.75) is 4.90 Å². The molecule has 2 N–H and O–H groups in total. The van der Waals surface area contributed by atoms with Crippen molar-refractivity contribution in [2.24, 2.45) is 0 Å². The third kappa shape index (κ3) is 5.43. The number of nitrogens with one attached hydrogen (secondary N) is 2.